The molecule has 2 aromatic heterocycles. The van der Waals surface area contributed by atoms with Crippen molar-refractivity contribution in [1.82, 2.24) is 9.97 Å². The second kappa shape index (κ2) is 6.08. The molecule has 0 aliphatic rings. The molecule has 0 saturated carbocycles. The molecule has 0 aromatic carbocycles. The Labute approximate surface area is 121 Å². The molecule has 7 heteroatoms. The zero-order chi connectivity index (χ0) is 13.8. The topological polar surface area (TPSA) is 50.3 Å². The molecule has 0 spiro atoms. The summed E-state index contributed by atoms with van der Waals surface area (Å²) < 4.78 is 5.28. The number of anilines is 2. The number of rotatable bonds is 5. The molecule has 0 unspecified atom stereocenters. The van der Waals surface area contributed by atoms with Gasteiger partial charge in [-0.15, -0.1) is 0 Å². The van der Waals surface area contributed by atoms with Gasteiger partial charge in [0.25, 0.3) is 0 Å². The first-order valence-electron chi connectivity index (χ1n) is 5.67. The number of hydrogen-bond donors (Lipinski definition) is 1. The van der Waals surface area contributed by atoms with Crippen molar-refractivity contribution in [2.75, 3.05) is 31.4 Å². The van der Waals surface area contributed by atoms with Crippen LogP contribution in [-0.2, 0) is 6.54 Å². The highest BCUT2D eigenvalue weighted by atomic mass is 35.5. The molecule has 102 valence electrons. The van der Waals surface area contributed by atoms with Crippen LogP contribution in [0.4, 0.5) is 10.8 Å². The third-order valence-corrected chi connectivity index (χ3v) is 3.93. The summed E-state index contributed by atoms with van der Waals surface area (Å²) in [6.07, 6.45) is 1.66. The highest BCUT2D eigenvalue weighted by molar-refractivity contribution is 7.15. The highest BCUT2D eigenvalue weighted by Crippen LogP contribution is 2.31. The Morgan fingerprint density at radius 1 is 1.47 bits per heavy atom. The molecule has 0 atom stereocenters. The molecule has 1 N–H and O–H groups in total. The van der Waals surface area contributed by atoms with Gasteiger partial charge >= 0.3 is 0 Å². The number of hydrogen-bond acceptors (Lipinski definition) is 6. The van der Waals surface area contributed by atoms with Crippen LogP contribution in [0.15, 0.2) is 18.3 Å². The predicted molar refractivity (Wildman–Crippen MR) is 79.6 cm³/mol. The van der Waals surface area contributed by atoms with Crippen LogP contribution in [0.5, 0.6) is 5.88 Å². The van der Waals surface area contributed by atoms with Gasteiger partial charge in [-0.3, -0.25) is 0 Å². The van der Waals surface area contributed by atoms with Crippen molar-refractivity contribution in [3.05, 3.63) is 28.4 Å². The molecule has 0 amide bonds. The van der Waals surface area contributed by atoms with E-state index in [-0.39, 0.29) is 0 Å². The van der Waals surface area contributed by atoms with E-state index in [0.717, 1.165) is 15.7 Å². The summed E-state index contributed by atoms with van der Waals surface area (Å²) in [5.41, 5.74) is 0.797. The fourth-order valence-corrected chi connectivity index (χ4v) is 2.56. The van der Waals surface area contributed by atoms with Crippen molar-refractivity contribution < 1.29 is 4.74 Å². The SMILES string of the molecule is COc1nc(N(C)C)sc1CNc1cccnc1Cl. The number of ether oxygens (including phenoxy) is 1. The standard InChI is InChI=1S/C12H15ClN4OS/c1-17(2)12-16-11(18-3)9(19-12)7-15-8-5-4-6-14-10(8)13/h4-6,15H,7H2,1-3H3. The summed E-state index contributed by atoms with van der Waals surface area (Å²) in [5.74, 6) is 0.640. The summed E-state index contributed by atoms with van der Waals surface area (Å²) in [4.78, 5) is 11.4. The lowest BCUT2D eigenvalue weighted by Gasteiger charge is -2.06. The van der Waals surface area contributed by atoms with Gasteiger partial charge in [0.15, 0.2) is 10.3 Å². The van der Waals surface area contributed by atoms with Gasteiger partial charge in [-0.2, -0.15) is 4.98 Å². The number of pyridine rings is 1. The van der Waals surface area contributed by atoms with Crippen molar-refractivity contribution in [2.24, 2.45) is 0 Å². The molecule has 5 nitrogen and oxygen atoms in total. The lowest BCUT2D eigenvalue weighted by atomic mass is 10.4. The van der Waals surface area contributed by atoms with Gasteiger partial charge in [-0.05, 0) is 12.1 Å². The summed E-state index contributed by atoms with van der Waals surface area (Å²) in [5, 5.41) is 4.60. The maximum Gasteiger partial charge on any atom is 0.231 e. The van der Waals surface area contributed by atoms with E-state index in [0.29, 0.717) is 17.6 Å². The largest absolute Gasteiger partial charge is 0.480 e. The molecule has 0 radical (unpaired) electrons. The number of thiazole rings is 1. The number of methoxy groups -OCH3 is 1. The highest BCUT2D eigenvalue weighted by Gasteiger charge is 2.13. The number of nitrogens with one attached hydrogen (secondary N) is 1. The molecular formula is C12H15ClN4OS. The number of halogens is 1. The minimum atomic E-state index is 0.457. The van der Waals surface area contributed by atoms with Gasteiger partial charge in [-0.25, -0.2) is 4.98 Å². The van der Waals surface area contributed by atoms with E-state index in [2.05, 4.69) is 15.3 Å². The molecule has 0 fully saturated rings. The van der Waals surface area contributed by atoms with Crippen LogP contribution in [0.2, 0.25) is 5.15 Å². The average Bonchev–Trinajstić information content (AvgIpc) is 2.81. The van der Waals surface area contributed by atoms with Crippen LogP contribution in [0.1, 0.15) is 4.88 Å². The molecule has 0 saturated heterocycles. The van der Waals surface area contributed by atoms with Gasteiger partial charge < -0.3 is 15.0 Å². The fraction of sp³-hybridized carbons (Fsp3) is 0.333. The summed E-state index contributed by atoms with van der Waals surface area (Å²) in [6, 6.07) is 3.72. The third kappa shape index (κ3) is 3.27. The normalized spacial score (nSPS) is 10.3. The Morgan fingerprint density at radius 3 is 2.89 bits per heavy atom. The Hall–Kier alpha value is -1.53. The average molecular weight is 299 g/mol. The molecule has 2 aromatic rings. The fourth-order valence-electron chi connectivity index (χ4n) is 1.48. The molecule has 2 rings (SSSR count). The van der Waals surface area contributed by atoms with E-state index in [1.165, 1.54) is 0 Å². The summed E-state index contributed by atoms with van der Waals surface area (Å²) in [6.45, 7) is 0.597. The zero-order valence-electron chi connectivity index (χ0n) is 11.0. The quantitative estimate of drug-likeness (QED) is 0.860. The van der Waals surface area contributed by atoms with Gasteiger partial charge in [0.1, 0.15) is 0 Å². The van der Waals surface area contributed by atoms with Crippen molar-refractivity contribution in [2.45, 2.75) is 6.54 Å². The molecular weight excluding hydrogens is 284 g/mol. The zero-order valence-corrected chi connectivity index (χ0v) is 12.5. The molecule has 19 heavy (non-hydrogen) atoms. The maximum absolute atomic E-state index is 5.99. The van der Waals surface area contributed by atoms with Gasteiger partial charge in [0.2, 0.25) is 5.88 Å². The van der Waals surface area contributed by atoms with Crippen LogP contribution < -0.4 is 15.0 Å². The minimum absolute atomic E-state index is 0.457. The van der Waals surface area contributed by atoms with Crippen LogP contribution in [0.25, 0.3) is 0 Å². The Morgan fingerprint density at radius 2 is 2.26 bits per heavy atom. The summed E-state index contributed by atoms with van der Waals surface area (Å²) in [7, 11) is 5.52. The van der Waals surface area contributed by atoms with Gasteiger partial charge in [-0.1, -0.05) is 22.9 Å². The van der Waals surface area contributed by atoms with Gasteiger partial charge in [0.05, 0.1) is 24.2 Å². The first kappa shape index (κ1) is 13.9. The molecule has 0 bridgehead atoms. The van der Waals surface area contributed by atoms with E-state index in [9.17, 15) is 0 Å². The van der Waals surface area contributed by atoms with Crippen molar-refractivity contribution in [3.63, 3.8) is 0 Å². The van der Waals surface area contributed by atoms with Gasteiger partial charge in [0, 0.05) is 20.3 Å². The third-order valence-electron chi connectivity index (χ3n) is 2.42. The lowest BCUT2D eigenvalue weighted by molar-refractivity contribution is 0.397. The Kier molecular flexibility index (Phi) is 4.44. The predicted octanol–water partition coefficient (Wildman–Crippen LogP) is 2.88. The second-order valence-corrected chi connectivity index (χ2v) is 5.44. The smallest absolute Gasteiger partial charge is 0.231 e. The van der Waals surface area contributed by atoms with E-state index >= 15 is 0 Å². The van der Waals surface area contributed by atoms with E-state index in [4.69, 9.17) is 16.3 Å². The van der Waals surface area contributed by atoms with Crippen LogP contribution in [0, 0.1) is 0 Å². The monoisotopic (exact) mass is 298 g/mol. The van der Waals surface area contributed by atoms with Crippen LogP contribution in [-0.4, -0.2) is 31.2 Å². The first-order chi connectivity index (χ1) is 9.11. The molecule has 2 heterocycles. The Bertz CT molecular complexity index is 558. The summed E-state index contributed by atoms with van der Waals surface area (Å²) >= 11 is 7.58. The van der Waals surface area contributed by atoms with Crippen molar-refractivity contribution in [1.29, 1.82) is 0 Å². The van der Waals surface area contributed by atoms with Crippen molar-refractivity contribution >= 4 is 33.8 Å². The van der Waals surface area contributed by atoms with Crippen molar-refractivity contribution in [3.8, 4) is 5.88 Å². The number of aromatic nitrogens is 2. The first-order valence-corrected chi connectivity index (χ1v) is 6.86. The number of nitrogens with zero attached hydrogens (tertiary/aromatic N) is 3. The Balaban J connectivity index is 2.13. The maximum atomic E-state index is 5.99. The van der Waals surface area contributed by atoms with Crippen LogP contribution in [0.3, 0.4) is 0 Å². The van der Waals surface area contributed by atoms with E-state index in [1.807, 2.05) is 31.1 Å². The molecule has 0 aliphatic carbocycles. The minimum Gasteiger partial charge on any atom is -0.480 e. The van der Waals surface area contributed by atoms with E-state index < -0.39 is 0 Å². The molecule has 0 aliphatic heterocycles. The van der Waals surface area contributed by atoms with Crippen LogP contribution >= 0.6 is 22.9 Å². The lowest BCUT2D eigenvalue weighted by Crippen LogP contribution is -2.07. The second-order valence-electron chi connectivity index (χ2n) is 4.02. The van der Waals surface area contributed by atoms with E-state index in [1.54, 1.807) is 24.6 Å².